The first-order valence-corrected chi connectivity index (χ1v) is 9.26. The predicted octanol–water partition coefficient (Wildman–Crippen LogP) is 5.23. The molecule has 1 heterocycles. The molecule has 0 bridgehead atoms. The molecule has 0 aliphatic rings. The van der Waals surface area contributed by atoms with E-state index >= 15 is 0 Å². The Morgan fingerprint density at radius 3 is 2.61 bits per heavy atom. The predicted molar refractivity (Wildman–Crippen MR) is 105 cm³/mol. The highest BCUT2D eigenvalue weighted by Gasteiger charge is 2.11. The Morgan fingerprint density at radius 1 is 1.39 bits per heavy atom. The van der Waals surface area contributed by atoms with E-state index in [1.165, 1.54) is 0 Å². The molecule has 0 aromatic carbocycles. The molecule has 0 fully saturated rings. The van der Waals surface area contributed by atoms with Crippen LogP contribution in [0, 0.1) is 12.8 Å². The van der Waals surface area contributed by atoms with Gasteiger partial charge in [0.05, 0.1) is 22.5 Å². The summed E-state index contributed by atoms with van der Waals surface area (Å²) in [5, 5.41) is 0.669. The van der Waals surface area contributed by atoms with Crippen LogP contribution in [0.5, 0.6) is 5.88 Å². The van der Waals surface area contributed by atoms with Crippen LogP contribution in [0.1, 0.15) is 46.2 Å². The van der Waals surface area contributed by atoms with Crippen molar-refractivity contribution in [3.05, 3.63) is 16.2 Å². The van der Waals surface area contributed by atoms with Crippen molar-refractivity contribution < 1.29 is 4.74 Å². The van der Waals surface area contributed by atoms with Crippen LogP contribution in [0.15, 0.2) is 15.5 Å². The maximum Gasteiger partial charge on any atom is 0.228 e. The van der Waals surface area contributed by atoms with Gasteiger partial charge in [-0.3, -0.25) is 0 Å². The van der Waals surface area contributed by atoms with Crippen molar-refractivity contribution in [1.82, 2.24) is 9.88 Å². The molecule has 1 aromatic rings. The van der Waals surface area contributed by atoms with E-state index in [1.54, 1.807) is 0 Å². The second kappa shape index (κ2) is 9.52. The van der Waals surface area contributed by atoms with E-state index in [1.807, 2.05) is 24.9 Å². The van der Waals surface area contributed by atoms with Gasteiger partial charge in [0.2, 0.25) is 5.88 Å². The van der Waals surface area contributed by atoms with Crippen molar-refractivity contribution in [3.8, 4) is 5.88 Å². The molecule has 0 N–H and O–H groups in total. The van der Waals surface area contributed by atoms with Gasteiger partial charge in [0.15, 0.2) is 5.17 Å². The molecular formula is C17H28BrN3OS. The smallest absolute Gasteiger partial charge is 0.228 e. The van der Waals surface area contributed by atoms with Crippen molar-refractivity contribution in [2.45, 2.75) is 53.5 Å². The SMILES string of the molecule is Cc1nc(OCCCC(C)C)c(Br)cc1/N=C(\S)N(C)C(C)C. The number of aliphatic imine (C=N–C) groups is 1. The molecule has 0 unspecified atom stereocenters. The van der Waals surface area contributed by atoms with Crippen LogP contribution in [0.3, 0.4) is 0 Å². The summed E-state index contributed by atoms with van der Waals surface area (Å²) in [6.45, 7) is 11.2. The van der Waals surface area contributed by atoms with Crippen LogP contribution >= 0.6 is 28.6 Å². The molecule has 0 amide bonds. The lowest BCUT2D eigenvalue weighted by atomic mass is 10.1. The van der Waals surface area contributed by atoms with E-state index in [0.717, 1.165) is 28.7 Å². The summed E-state index contributed by atoms with van der Waals surface area (Å²) < 4.78 is 6.60. The third-order valence-corrected chi connectivity index (χ3v) is 4.57. The fraction of sp³-hybridized carbons (Fsp3) is 0.647. The van der Waals surface area contributed by atoms with Gasteiger partial charge in [-0.05, 0) is 61.5 Å². The fourth-order valence-electron chi connectivity index (χ4n) is 1.84. The van der Waals surface area contributed by atoms with Crippen molar-refractivity contribution in [2.75, 3.05) is 13.7 Å². The number of hydrogen-bond donors (Lipinski definition) is 1. The summed E-state index contributed by atoms with van der Waals surface area (Å²) >= 11 is 8.00. The van der Waals surface area contributed by atoms with Gasteiger partial charge in [-0.2, -0.15) is 0 Å². The first kappa shape index (κ1) is 20.3. The van der Waals surface area contributed by atoms with E-state index in [2.05, 4.69) is 66.2 Å². The highest BCUT2D eigenvalue weighted by atomic mass is 79.9. The van der Waals surface area contributed by atoms with Gasteiger partial charge in [0.25, 0.3) is 0 Å². The molecule has 1 aromatic heterocycles. The first-order valence-electron chi connectivity index (χ1n) is 8.02. The van der Waals surface area contributed by atoms with Gasteiger partial charge in [-0.15, -0.1) is 12.6 Å². The van der Waals surface area contributed by atoms with Crippen molar-refractivity contribution in [3.63, 3.8) is 0 Å². The second-order valence-electron chi connectivity index (χ2n) is 6.38. The molecule has 0 atom stereocenters. The van der Waals surface area contributed by atoms with Gasteiger partial charge in [-0.1, -0.05) is 13.8 Å². The highest BCUT2D eigenvalue weighted by molar-refractivity contribution is 9.10. The van der Waals surface area contributed by atoms with Gasteiger partial charge in [0, 0.05) is 13.1 Å². The molecule has 6 heteroatoms. The second-order valence-corrected chi connectivity index (χ2v) is 7.64. The number of aryl methyl sites for hydroxylation is 1. The summed E-state index contributed by atoms with van der Waals surface area (Å²) in [6, 6.07) is 2.27. The Bertz CT molecular complexity index is 547. The monoisotopic (exact) mass is 401 g/mol. The number of thiol groups is 1. The van der Waals surface area contributed by atoms with Crippen molar-refractivity contribution in [1.29, 1.82) is 0 Å². The molecule has 0 saturated carbocycles. The Labute approximate surface area is 154 Å². The minimum absolute atomic E-state index is 0.339. The van der Waals surface area contributed by atoms with Crippen LogP contribution in [0.25, 0.3) is 0 Å². The minimum Gasteiger partial charge on any atom is -0.477 e. The third-order valence-electron chi connectivity index (χ3n) is 3.58. The average molecular weight is 402 g/mol. The molecule has 23 heavy (non-hydrogen) atoms. The average Bonchev–Trinajstić information content (AvgIpc) is 2.46. The Hall–Kier alpha value is -0.750. The van der Waals surface area contributed by atoms with Crippen molar-refractivity contribution in [2.24, 2.45) is 10.9 Å². The summed E-state index contributed by atoms with van der Waals surface area (Å²) in [7, 11) is 1.97. The summed E-state index contributed by atoms with van der Waals surface area (Å²) in [5.74, 6) is 1.32. The number of amidine groups is 1. The molecular weight excluding hydrogens is 374 g/mol. The molecule has 0 radical (unpaired) electrons. The standard InChI is InChI=1S/C17H28BrN3OS/c1-11(2)8-7-9-22-16-14(18)10-15(13(5)19-16)20-17(23)21(6)12(3)4/h10-12H,7-9H2,1-6H3,(H,20,23). The van der Waals surface area contributed by atoms with Crippen LogP contribution in [-0.2, 0) is 0 Å². The van der Waals surface area contributed by atoms with E-state index < -0.39 is 0 Å². The van der Waals surface area contributed by atoms with Gasteiger partial charge in [-0.25, -0.2) is 9.98 Å². The van der Waals surface area contributed by atoms with Crippen LogP contribution in [0.4, 0.5) is 5.69 Å². The first-order chi connectivity index (χ1) is 10.7. The molecule has 0 aliphatic heterocycles. The number of halogens is 1. The van der Waals surface area contributed by atoms with Gasteiger partial charge < -0.3 is 9.64 Å². The van der Waals surface area contributed by atoms with Crippen LogP contribution in [0.2, 0.25) is 0 Å². The van der Waals surface area contributed by atoms with Crippen LogP contribution < -0.4 is 4.74 Å². The van der Waals surface area contributed by atoms with E-state index in [4.69, 9.17) is 4.74 Å². The Morgan fingerprint density at radius 2 is 2.04 bits per heavy atom. The molecule has 0 aliphatic carbocycles. The van der Waals surface area contributed by atoms with Gasteiger partial charge >= 0.3 is 0 Å². The maximum absolute atomic E-state index is 5.78. The van der Waals surface area contributed by atoms with Crippen LogP contribution in [-0.4, -0.2) is 34.7 Å². The van der Waals surface area contributed by atoms with E-state index in [0.29, 0.717) is 29.6 Å². The lowest BCUT2D eigenvalue weighted by molar-refractivity contribution is 0.285. The number of aromatic nitrogens is 1. The molecule has 1 rings (SSSR count). The largest absolute Gasteiger partial charge is 0.477 e. The zero-order chi connectivity index (χ0) is 17.6. The van der Waals surface area contributed by atoms with E-state index in [-0.39, 0.29) is 0 Å². The topological polar surface area (TPSA) is 37.7 Å². The lowest BCUT2D eigenvalue weighted by Crippen LogP contribution is -2.29. The summed E-state index contributed by atoms with van der Waals surface area (Å²) in [5.41, 5.74) is 1.62. The lowest BCUT2D eigenvalue weighted by Gasteiger charge is -2.22. The third kappa shape index (κ3) is 6.71. The number of ether oxygens (including phenoxy) is 1. The van der Waals surface area contributed by atoms with Gasteiger partial charge in [0.1, 0.15) is 0 Å². The number of pyridine rings is 1. The molecule has 0 spiro atoms. The zero-order valence-electron chi connectivity index (χ0n) is 14.9. The number of nitrogens with zero attached hydrogens (tertiary/aromatic N) is 3. The quantitative estimate of drug-likeness (QED) is 0.294. The summed E-state index contributed by atoms with van der Waals surface area (Å²) in [4.78, 5) is 11.1. The Kier molecular flexibility index (Phi) is 8.40. The molecule has 4 nitrogen and oxygen atoms in total. The zero-order valence-corrected chi connectivity index (χ0v) is 17.4. The fourth-order valence-corrected chi connectivity index (χ4v) is 2.60. The number of rotatable bonds is 7. The van der Waals surface area contributed by atoms with Crippen molar-refractivity contribution >= 4 is 39.4 Å². The molecule has 130 valence electrons. The highest BCUT2D eigenvalue weighted by Crippen LogP contribution is 2.30. The molecule has 0 saturated heterocycles. The minimum atomic E-state index is 0.339. The Balaban J connectivity index is 2.83. The summed E-state index contributed by atoms with van der Waals surface area (Å²) in [6.07, 6.45) is 2.19. The number of hydrogen-bond acceptors (Lipinski definition) is 3. The maximum atomic E-state index is 5.78. The van der Waals surface area contributed by atoms with E-state index in [9.17, 15) is 0 Å². The normalized spacial score (nSPS) is 12.2.